The van der Waals surface area contributed by atoms with Gasteiger partial charge in [0.15, 0.2) is 0 Å². The highest BCUT2D eigenvalue weighted by atomic mass is 32.2. The molecule has 0 aliphatic rings. The Hall–Kier alpha value is -1.64. The van der Waals surface area contributed by atoms with E-state index in [0.29, 0.717) is 0 Å². The Labute approximate surface area is 130 Å². The lowest BCUT2D eigenvalue weighted by Gasteiger charge is -2.22. The first-order valence-electron chi connectivity index (χ1n) is 7.17. The van der Waals surface area contributed by atoms with E-state index < -0.39 is 5.54 Å². The molecule has 0 aliphatic heterocycles. The number of hydrogen-bond donors (Lipinski definition) is 1. The summed E-state index contributed by atoms with van der Waals surface area (Å²) in [5.74, 6) is 0.948. The van der Waals surface area contributed by atoms with Gasteiger partial charge in [0.05, 0.1) is 11.6 Å². The molecule has 1 atom stereocenters. The first-order valence-corrected chi connectivity index (χ1v) is 8.16. The van der Waals surface area contributed by atoms with Crippen LogP contribution in [0, 0.1) is 11.3 Å². The van der Waals surface area contributed by atoms with Crippen molar-refractivity contribution in [3.05, 3.63) is 30.6 Å². The van der Waals surface area contributed by atoms with E-state index in [0.717, 1.165) is 41.1 Å². The molecule has 110 valence electrons. The van der Waals surface area contributed by atoms with Crippen molar-refractivity contribution in [2.75, 3.05) is 12.3 Å². The quantitative estimate of drug-likeness (QED) is 0.482. The van der Waals surface area contributed by atoms with Crippen LogP contribution in [0.25, 0.3) is 10.9 Å². The van der Waals surface area contributed by atoms with Crippen LogP contribution in [0.4, 0.5) is 0 Å². The molecule has 1 N–H and O–H groups in total. The van der Waals surface area contributed by atoms with Crippen LogP contribution in [0.3, 0.4) is 0 Å². The first-order chi connectivity index (χ1) is 10.2. The van der Waals surface area contributed by atoms with E-state index in [1.54, 1.807) is 18.1 Å². The summed E-state index contributed by atoms with van der Waals surface area (Å²) in [4.78, 5) is 8.64. The maximum absolute atomic E-state index is 9.23. The molecule has 1 heterocycles. The second kappa shape index (κ2) is 7.39. The molecule has 0 saturated carbocycles. The number of para-hydroxylation sites is 1. The summed E-state index contributed by atoms with van der Waals surface area (Å²) in [6, 6.07) is 10.4. The molecule has 0 spiro atoms. The minimum Gasteiger partial charge on any atom is -0.300 e. The Morgan fingerprint density at radius 1 is 1.33 bits per heavy atom. The molecule has 0 aliphatic carbocycles. The molecular weight excluding hydrogens is 280 g/mol. The zero-order chi connectivity index (χ0) is 15.1. The van der Waals surface area contributed by atoms with E-state index in [1.807, 2.05) is 32.0 Å². The van der Waals surface area contributed by atoms with E-state index in [2.05, 4.69) is 27.4 Å². The van der Waals surface area contributed by atoms with Gasteiger partial charge < -0.3 is 0 Å². The van der Waals surface area contributed by atoms with Crippen LogP contribution in [0.5, 0.6) is 0 Å². The predicted molar refractivity (Wildman–Crippen MR) is 87.2 cm³/mol. The van der Waals surface area contributed by atoms with Crippen molar-refractivity contribution in [2.45, 2.75) is 37.3 Å². The van der Waals surface area contributed by atoms with Gasteiger partial charge in [0, 0.05) is 5.39 Å². The number of nitrogens with zero attached hydrogens (tertiary/aromatic N) is 3. The third-order valence-electron chi connectivity index (χ3n) is 3.38. The first kappa shape index (κ1) is 15.7. The van der Waals surface area contributed by atoms with Crippen LogP contribution in [0.1, 0.15) is 26.7 Å². The monoisotopic (exact) mass is 300 g/mol. The highest BCUT2D eigenvalue weighted by Gasteiger charge is 2.21. The lowest BCUT2D eigenvalue weighted by Crippen LogP contribution is -2.40. The van der Waals surface area contributed by atoms with Crippen LogP contribution in [0.2, 0.25) is 0 Å². The lowest BCUT2D eigenvalue weighted by atomic mass is 9.98. The van der Waals surface area contributed by atoms with Gasteiger partial charge in [-0.25, -0.2) is 9.97 Å². The number of aromatic nitrogens is 2. The fraction of sp³-hybridized carbons (Fsp3) is 0.438. The summed E-state index contributed by atoms with van der Waals surface area (Å²) >= 11 is 1.73. The van der Waals surface area contributed by atoms with Crippen molar-refractivity contribution in [3.63, 3.8) is 0 Å². The molecule has 1 aromatic carbocycles. The second-order valence-corrected chi connectivity index (χ2v) is 6.21. The topological polar surface area (TPSA) is 61.6 Å². The van der Waals surface area contributed by atoms with Gasteiger partial charge in [-0.05, 0) is 38.1 Å². The summed E-state index contributed by atoms with van der Waals surface area (Å²) in [6.45, 7) is 4.80. The van der Waals surface area contributed by atoms with Gasteiger partial charge in [-0.2, -0.15) is 5.26 Å². The summed E-state index contributed by atoms with van der Waals surface area (Å²) in [7, 11) is 0. The van der Waals surface area contributed by atoms with Crippen molar-refractivity contribution in [1.82, 2.24) is 15.3 Å². The van der Waals surface area contributed by atoms with Crippen molar-refractivity contribution < 1.29 is 0 Å². The molecule has 2 rings (SSSR count). The Bertz CT molecular complexity index is 632. The molecule has 1 unspecified atom stereocenters. The Balaban J connectivity index is 1.93. The van der Waals surface area contributed by atoms with Gasteiger partial charge in [-0.3, -0.25) is 5.32 Å². The molecule has 0 fully saturated rings. The van der Waals surface area contributed by atoms with E-state index in [9.17, 15) is 5.26 Å². The molecule has 1 aromatic heterocycles. The molecule has 0 radical (unpaired) electrons. The Morgan fingerprint density at radius 3 is 2.90 bits per heavy atom. The highest BCUT2D eigenvalue weighted by molar-refractivity contribution is 7.99. The van der Waals surface area contributed by atoms with Gasteiger partial charge in [0.25, 0.3) is 0 Å². The number of thioether (sulfide) groups is 1. The zero-order valence-corrected chi connectivity index (χ0v) is 13.3. The second-order valence-electron chi connectivity index (χ2n) is 5.12. The van der Waals surface area contributed by atoms with Gasteiger partial charge in [0.1, 0.15) is 16.9 Å². The van der Waals surface area contributed by atoms with Gasteiger partial charge >= 0.3 is 0 Å². The average Bonchev–Trinajstić information content (AvgIpc) is 2.52. The van der Waals surface area contributed by atoms with Crippen molar-refractivity contribution in [2.24, 2.45) is 0 Å². The van der Waals surface area contributed by atoms with Gasteiger partial charge in [-0.15, -0.1) is 11.8 Å². The molecular formula is C16H20N4S. The summed E-state index contributed by atoms with van der Waals surface area (Å²) in [5, 5.41) is 14.6. The summed E-state index contributed by atoms with van der Waals surface area (Å²) in [6.07, 6.45) is 3.43. The van der Waals surface area contributed by atoms with Crippen molar-refractivity contribution in [3.8, 4) is 6.07 Å². The number of benzene rings is 1. The van der Waals surface area contributed by atoms with Crippen LogP contribution >= 0.6 is 11.8 Å². The molecule has 4 nitrogen and oxygen atoms in total. The third kappa shape index (κ3) is 4.16. The lowest BCUT2D eigenvalue weighted by molar-refractivity contribution is 0.426. The van der Waals surface area contributed by atoms with Crippen LogP contribution < -0.4 is 5.32 Å². The van der Waals surface area contributed by atoms with Crippen LogP contribution in [0.15, 0.2) is 35.6 Å². The standard InChI is InChI=1S/C16H20N4S/c1-3-20-16(2,11-17)9-6-10-21-15-13-7-4-5-8-14(13)18-12-19-15/h4-5,7-8,12,20H,3,6,9-10H2,1-2H3. The van der Waals surface area contributed by atoms with Gasteiger partial charge in [-0.1, -0.05) is 25.1 Å². The summed E-state index contributed by atoms with van der Waals surface area (Å²) in [5.41, 5.74) is 0.549. The predicted octanol–water partition coefficient (Wildman–Crippen LogP) is 3.39. The number of nitrogens with one attached hydrogen (secondary N) is 1. The summed E-state index contributed by atoms with van der Waals surface area (Å²) < 4.78 is 0. The number of rotatable bonds is 7. The SMILES string of the molecule is CCNC(C)(C#N)CCCSc1ncnc2ccccc12. The third-order valence-corrected chi connectivity index (χ3v) is 4.47. The van der Waals surface area contributed by atoms with E-state index in [4.69, 9.17) is 0 Å². The van der Waals surface area contributed by atoms with Gasteiger partial charge in [0.2, 0.25) is 0 Å². The number of nitriles is 1. The average molecular weight is 300 g/mol. The largest absolute Gasteiger partial charge is 0.300 e. The van der Waals surface area contributed by atoms with E-state index >= 15 is 0 Å². The zero-order valence-electron chi connectivity index (χ0n) is 12.5. The fourth-order valence-corrected chi connectivity index (χ4v) is 3.20. The maximum Gasteiger partial charge on any atom is 0.117 e. The minimum atomic E-state index is -0.428. The minimum absolute atomic E-state index is 0.428. The van der Waals surface area contributed by atoms with Crippen molar-refractivity contribution in [1.29, 1.82) is 5.26 Å². The molecule has 21 heavy (non-hydrogen) atoms. The molecule has 5 heteroatoms. The van der Waals surface area contributed by atoms with E-state index in [-0.39, 0.29) is 0 Å². The fourth-order valence-electron chi connectivity index (χ4n) is 2.26. The molecule has 0 saturated heterocycles. The molecule has 0 amide bonds. The van der Waals surface area contributed by atoms with Crippen LogP contribution in [-0.2, 0) is 0 Å². The molecule has 2 aromatic rings. The smallest absolute Gasteiger partial charge is 0.117 e. The molecule has 0 bridgehead atoms. The highest BCUT2D eigenvalue weighted by Crippen LogP contribution is 2.25. The normalized spacial score (nSPS) is 13.8. The van der Waals surface area contributed by atoms with E-state index in [1.165, 1.54) is 0 Å². The van der Waals surface area contributed by atoms with Crippen LogP contribution in [-0.4, -0.2) is 27.8 Å². The maximum atomic E-state index is 9.23. The van der Waals surface area contributed by atoms with Crippen molar-refractivity contribution >= 4 is 22.7 Å². The number of fused-ring (bicyclic) bond motifs is 1. The Kier molecular flexibility index (Phi) is 5.54. The number of hydrogen-bond acceptors (Lipinski definition) is 5. The Morgan fingerprint density at radius 2 is 2.14 bits per heavy atom.